The predicted octanol–water partition coefficient (Wildman–Crippen LogP) is 4.05. The van der Waals surface area contributed by atoms with E-state index < -0.39 is 0 Å². The lowest BCUT2D eigenvalue weighted by molar-refractivity contribution is 1.23. The van der Waals surface area contributed by atoms with E-state index >= 15 is 0 Å². The number of thiophene rings is 1. The third-order valence-electron chi connectivity index (χ3n) is 1.36. The van der Waals surface area contributed by atoms with Crippen LogP contribution < -0.4 is 0 Å². The van der Waals surface area contributed by atoms with Gasteiger partial charge in [0.15, 0.2) is 0 Å². The Labute approximate surface area is 76.5 Å². The Hall–Kier alpha value is -0.270. The average Bonchev–Trinajstić information content (AvgIpc) is 2.36. The molecule has 0 amide bonds. The Morgan fingerprint density at radius 1 is 1.64 bits per heavy atom. The van der Waals surface area contributed by atoms with Crippen LogP contribution in [0.15, 0.2) is 18.2 Å². The van der Waals surface area contributed by atoms with Crippen molar-refractivity contribution < 1.29 is 0 Å². The van der Waals surface area contributed by atoms with Gasteiger partial charge in [-0.05, 0) is 25.5 Å². The normalized spacial score (nSPS) is 12.1. The van der Waals surface area contributed by atoms with E-state index in [1.165, 1.54) is 9.75 Å². The molecule has 0 radical (unpaired) electrons. The van der Waals surface area contributed by atoms with Gasteiger partial charge in [-0.2, -0.15) is 0 Å². The maximum atomic E-state index is 5.99. The molecule has 0 aliphatic rings. The molecular formula is C9H11ClS. The van der Waals surface area contributed by atoms with Gasteiger partial charge in [0.05, 0.1) is 5.03 Å². The SMILES string of the molecule is CC/C=C(\Cl)c1ccc(C)s1. The molecule has 60 valence electrons. The van der Waals surface area contributed by atoms with E-state index in [0.717, 1.165) is 11.5 Å². The minimum atomic E-state index is 0.880. The van der Waals surface area contributed by atoms with Crippen molar-refractivity contribution in [3.63, 3.8) is 0 Å². The predicted molar refractivity (Wildman–Crippen MR) is 53.2 cm³/mol. The molecule has 0 spiro atoms. The summed E-state index contributed by atoms with van der Waals surface area (Å²) in [6.45, 7) is 4.17. The minimum absolute atomic E-state index is 0.880. The first-order valence-electron chi connectivity index (χ1n) is 3.66. The van der Waals surface area contributed by atoms with Crippen molar-refractivity contribution in [2.75, 3.05) is 0 Å². The smallest absolute Gasteiger partial charge is 0.0538 e. The molecule has 0 aliphatic carbocycles. The molecule has 1 aromatic heterocycles. The van der Waals surface area contributed by atoms with E-state index in [4.69, 9.17) is 11.6 Å². The first-order valence-corrected chi connectivity index (χ1v) is 4.86. The summed E-state index contributed by atoms with van der Waals surface area (Å²) >= 11 is 7.73. The van der Waals surface area contributed by atoms with E-state index in [9.17, 15) is 0 Å². The van der Waals surface area contributed by atoms with Gasteiger partial charge in [-0.3, -0.25) is 0 Å². The number of allylic oxidation sites excluding steroid dienone is 1. The number of aryl methyl sites for hydroxylation is 1. The van der Waals surface area contributed by atoms with Crippen LogP contribution in [0.5, 0.6) is 0 Å². The highest BCUT2D eigenvalue weighted by Crippen LogP contribution is 2.26. The second kappa shape index (κ2) is 3.93. The van der Waals surface area contributed by atoms with Crippen LogP contribution in [0.3, 0.4) is 0 Å². The summed E-state index contributed by atoms with van der Waals surface area (Å²) in [6.07, 6.45) is 3.03. The van der Waals surface area contributed by atoms with Crippen LogP contribution in [0.25, 0.3) is 5.03 Å². The van der Waals surface area contributed by atoms with Gasteiger partial charge in [0.25, 0.3) is 0 Å². The van der Waals surface area contributed by atoms with Crippen molar-refractivity contribution in [2.45, 2.75) is 20.3 Å². The van der Waals surface area contributed by atoms with Crippen LogP contribution >= 0.6 is 22.9 Å². The van der Waals surface area contributed by atoms with Crippen LogP contribution in [0.1, 0.15) is 23.1 Å². The topological polar surface area (TPSA) is 0 Å². The summed E-state index contributed by atoms with van der Waals surface area (Å²) in [5.41, 5.74) is 0. The Morgan fingerprint density at radius 3 is 2.82 bits per heavy atom. The zero-order chi connectivity index (χ0) is 8.27. The summed E-state index contributed by atoms with van der Waals surface area (Å²) in [4.78, 5) is 2.48. The lowest BCUT2D eigenvalue weighted by Gasteiger charge is -1.90. The van der Waals surface area contributed by atoms with E-state index in [0.29, 0.717) is 0 Å². The van der Waals surface area contributed by atoms with Crippen molar-refractivity contribution in [3.05, 3.63) is 28.0 Å². The Morgan fingerprint density at radius 2 is 2.36 bits per heavy atom. The van der Waals surface area contributed by atoms with Crippen LogP contribution in [0.2, 0.25) is 0 Å². The fraction of sp³-hybridized carbons (Fsp3) is 0.333. The molecule has 0 aliphatic heterocycles. The molecule has 0 unspecified atom stereocenters. The fourth-order valence-corrected chi connectivity index (χ4v) is 1.98. The summed E-state index contributed by atoms with van der Waals surface area (Å²) in [6, 6.07) is 4.15. The third kappa shape index (κ3) is 2.35. The maximum Gasteiger partial charge on any atom is 0.0538 e. The molecule has 1 rings (SSSR count). The monoisotopic (exact) mass is 186 g/mol. The summed E-state index contributed by atoms with van der Waals surface area (Å²) in [5, 5.41) is 0.880. The van der Waals surface area contributed by atoms with E-state index in [1.807, 2.05) is 6.08 Å². The highest BCUT2D eigenvalue weighted by Gasteiger charge is 1.98. The molecule has 2 heteroatoms. The molecule has 0 N–H and O–H groups in total. The second-order valence-corrected chi connectivity index (χ2v) is 4.07. The van der Waals surface area contributed by atoms with Gasteiger partial charge in [-0.1, -0.05) is 24.6 Å². The molecule has 0 atom stereocenters. The number of hydrogen-bond acceptors (Lipinski definition) is 1. The highest BCUT2D eigenvalue weighted by molar-refractivity contribution is 7.13. The Bertz CT molecular complexity index is 260. The van der Waals surface area contributed by atoms with E-state index in [2.05, 4.69) is 26.0 Å². The molecule has 0 nitrogen and oxygen atoms in total. The zero-order valence-electron chi connectivity index (χ0n) is 6.73. The first kappa shape index (κ1) is 8.82. The molecule has 0 aromatic carbocycles. The summed E-state index contributed by atoms with van der Waals surface area (Å²) < 4.78 is 0. The minimum Gasteiger partial charge on any atom is -0.140 e. The molecule has 11 heavy (non-hydrogen) atoms. The van der Waals surface area contributed by atoms with Crippen LogP contribution in [0.4, 0.5) is 0 Å². The molecule has 0 saturated carbocycles. The van der Waals surface area contributed by atoms with Gasteiger partial charge in [-0.15, -0.1) is 11.3 Å². The molecule has 0 fully saturated rings. The lowest BCUT2D eigenvalue weighted by atomic mass is 10.3. The van der Waals surface area contributed by atoms with Crippen molar-refractivity contribution >= 4 is 28.0 Å². The number of halogens is 1. The van der Waals surface area contributed by atoms with Crippen molar-refractivity contribution in [2.24, 2.45) is 0 Å². The number of hydrogen-bond donors (Lipinski definition) is 0. The van der Waals surface area contributed by atoms with Gasteiger partial charge in [0.2, 0.25) is 0 Å². The molecule has 0 bridgehead atoms. The fourth-order valence-electron chi connectivity index (χ4n) is 0.843. The maximum absolute atomic E-state index is 5.99. The Balaban J connectivity index is 2.84. The van der Waals surface area contributed by atoms with Gasteiger partial charge in [0.1, 0.15) is 0 Å². The summed E-state index contributed by atoms with van der Waals surface area (Å²) in [7, 11) is 0. The third-order valence-corrected chi connectivity index (χ3v) is 2.86. The van der Waals surface area contributed by atoms with Crippen molar-refractivity contribution in [1.29, 1.82) is 0 Å². The van der Waals surface area contributed by atoms with Crippen LogP contribution in [0, 0.1) is 6.92 Å². The van der Waals surface area contributed by atoms with Gasteiger partial charge in [-0.25, -0.2) is 0 Å². The zero-order valence-corrected chi connectivity index (χ0v) is 8.30. The number of rotatable bonds is 2. The van der Waals surface area contributed by atoms with Gasteiger partial charge >= 0.3 is 0 Å². The largest absolute Gasteiger partial charge is 0.140 e. The average molecular weight is 187 g/mol. The standard InChI is InChI=1S/C9H11ClS/c1-3-4-8(10)9-6-5-7(2)11-9/h4-6H,3H2,1-2H3/b8-4-. The van der Waals surface area contributed by atoms with Gasteiger partial charge in [0, 0.05) is 9.75 Å². The summed E-state index contributed by atoms with van der Waals surface area (Å²) in [5.74, 6) is 0. The van der Waals surface area contributed by atoms with Crippen molar-refractivity contribution in [3.8, 4) is 0 Å². The first-order chi connectivity index (χ1) is 5.24. The van der Waals surface area contributed by atoms with Crippen LogP contribution in [-0.2, 0) is 0 Å². The van der Waals surface area contributed by atoms with E-state index in [-0.39, 0.29) is 0 Å². The molecular weight excluding hydrogens is 176 g/mol. The highest BCUT2D eigenvalue weighted by atomic mass is 35.5. The molecule has 1 heterocycles. The van der Waals surface area contributed by atoms with Crippen molar-refractivity contribution in [1.82, 2.24) is 0 Å². The lowest BCUT2D eigenvalue weighted by Crippen LogP contribution is -1.65. The van der Waals surface area contributed by atoms with Gasteiger partial charge < -0.3 is 0 Å². The van der Waals surface area contributed by atoms with E-state index in [1.54, 1.807) is 11.3 Å². The van der Waals surface area contributed by atoms with Crippen LogP contribution in [-0.4, -0.2) is 0 Å². The Kier molecular flexibility index (Phi) is 3.16. The molecule has 0 saturated heterocycles. The second-order valence-electron chi connectivity index (χ2n) is 2.37. The quantitative estimate of drug-likeness (QED) is 0.654. The molecule has 1 aromatic rings.